The molecule has 2 heterocycles. The predicted octanol–water partition coefficient (Wildman–Crippen LogP) is 2.23. The summed E-state index contributed by atoms with van der Waals surface area (Å²) in [4.78, 5) is 4.27. The van der Waals surface area contributed by atoms with Crippen LogP contribution in [0.4, 0.5) is 0 Å². The summed E-state index contributed by atoms with van der Waals surface area (Å²) in [5.41, 5.74) is 1.97. The average Bonchev–Trinajstić information content (AvgIpc) is 2.58. The van der Waals surface area contributed by atoms with Crippen LogP contribution in [-0.4, -0.2) is 28.5 Å². The van der Waals surface area contributed by atoms with Gasteiger partial charge in [-0.15, -0.1) is 0 Å². The monoisotopic (exact) mass is 269 g/mol. The van der Waals surface area contributed by atoms with E-state index in [2.05, 4.69) is 26.0 Å². The van der Waals surface area contributed by atoms with Crippen molar-refractivity contribution >= 4 is 27.0 Å². The van der Waals surface area contributed by atoms with Crippen LogP contribution in [0.5, 0.6) is 0 Å². The number of aromatic nitrogens is 3. The molecule has 15 heavy (non-hydrogen) atoms. The molecule has 0 radical (unpaired) electrons. The largest absolute Gasteiger partial charge is 0.385 e. The lowest BCUT2D eigenvalue weighted by atomic mass is 10.4. The Hall–Kier alpha value is -0.940. The molecule has 80 valence electrons. The van der Waals surface area contributed by atoms with Crippen LogP contribution in [0.3, 0.4) is 0 Å². The van der Waals surface area contributed by atoms with Gasteiger partial charge in [-0.1, -0.05) is 0 Å². The lowest BCUT2D eigenvalue weighted by Crippen LogP contribution is -2.02. The molecule has 0 fully saturated rings. The number of hydrogen-bond donors (Lipinski definition) is 0. The second-order valence-electron chi connectivity index (χ2n) is 3.23. The van der Waals surface area contributed by atoms with Crippen molar-refractivity contribution in [2.75, 3.05) is 13.7 Å². The lowest BCUT2D eigenvalue weighted by Gasteiger charge is -2.01. The maximum atomic E-state index is 5.01. The van der Waals surface area contributed by atoms with Gasteiger partial charge < -0.3 is 4.74 Å². The van der Waals surface area contributed by atoms with E-state index in [1.165, 1.54) is 0 Å². The number of fused-ring (bicyclic) bond motifs is 1. The topological polar surface area (TPSA) is 39.9 Å². The average molecular weight is 270 g/mol. The number of hydrogen-bond acceptors (Lipinski definition) is 3. The molecule has 0 atom stereocenters. The fraction of sp³-hybridized carbons (Fsp3) is 0.400. The van der Waals surface area contributed by atoms with Gasteiger partial charge in [0.05, 0.1) is 5.52 Å². The first-order valence-corrected chi connectivity index (χ1v) is 5.58. The molecule has 0 N–H and O–H groups in total. The van der Waals surface area contributed by atoms with Crippen LogP contribution >= 0.6 is 15.9 Å². The molecule has 2 aromatic heterocycles. The van der Waals surface area contributed by atoms with Gasteiger partial charge in [0.1, 0.15) is 5.52 Å². The molecule has 0 aromatic carbocycles. The first-order chi connectivity index (χ1) is 7.33. The summed E-state index contributed by atoms with van der Waals surface area (Å²) in [6.45, 7) is 1.60. The SMILES string of the molecule is COCCCn1nc(Br)c2ncccc21. The van der Waals surface area contributed by atoms with Crippen molar-refractivity contribution in [2.45, 2.75) is 13.0 Å². The Kier molecular flexibility index (Phi) is 3.33. The van der Waals surface area contributed by atoms with E-state index in [0.29, 0.717) is 0 Å². The van der Waals surface area contributed by atoms with Gasteiger partial charge in [0.25, 0.3) is 0 Å². The van der Waals surface area contributed by atoms with E-state index in [1.807, 2.05) is 16.8 Å². The fourth-order valence-electron chi connectivity index (χ4n) is 1.50. The molecule has 0 amide bonds. The first kappa shape index (κ1) is 10.6. The molecular weight excluding hydrogens is 258 g/mol. The molecule has 0 aliphatic rings. The second-order valence-corrected chi connectivity index (χ2v) is 3.98. The second kappa shape index (κ2) is 4.72. The summed E-state index contributed by atoms with van der Waals surface area (Å²) in [5.74, 6) is 0. The van der Waals surface area contributed by atoms with Crippen LogP contribution in [-0.2, 0) is 11.3 Å². The first-order valence-electron chi connectivity index (χ1n) is 4.79. The van der Waals surface area contributed by atoms with E-state index in [4.69, 9.17) is 4.74 Å². The third-order valence-corrected chi connectivity index (χ3v) is 2.72. The van der Waals surface area contributed by atoms with Crippen molar-refractivity contribution in [1.29, 1.82) is 0 Å². The molecule has 0 aliphatic heterocycles. The standard InChI is InChI=1S/C10H12BrN3O/c1-15-7-3-6-14-8-4-2-5-12-9(8)10(11)13-14/h2,4-5H,3,6-7H2,1H3. The summed E-state index contributed by atoms with van der Waals surface area (Å²) in [7, 11) is 1.71. The number of aryl methyl sites for hydroxylation is 1. The lowest BCUT2D eigenvalue weighted by molar-refractivity contribution is 0.189. The molecule has 0 unspecified atom stereocenters. The van der Waals surface area contributed by atoms with E-state index in [9.17, 15) is 0 Å². The Bertz CT molecular complexity index is 455. The smallest absolute Gasteiger partial charge is 0.154 e. The Morgan fingerprint density at radius 1 is 1.53 bits per heavy atom. The zero-order valence-electron chi connectivity index (χ0n) is 8.48. The summed E-state index contributed by atoms with van der Waals surface area (Å²) in [5, 5.41) is 4.38. The van der Waals surface area contributed by atoms with E-state index < -0.39 is 0 Å². The molecule has 2 aromatic rings. The summed E-state index contributed by atoms with van der Waals surface area (Å²) in [6, 6.07) is 3.94. The Morgan fingerprint density at radius 2 is 2.40 bits per heavy atom. The maximum Gasteiger partial charge on any atom is 0.154 e. The van der Waals surface area contributed by atoms with Crippen molar-refractivity contribution in [1.82, 2.24) is 14.8 Å². The normalized spacial score (nSPS) is 11.1. The van der Waals surface area contributed by atoms with E-state index in [-0.39, 0.29) is 0 Å². The van der Waals surface area contributed by atoms with Gasteiger partial charge in [0.2, 0.25) is 0 Å². The minimum atomic E-state index is 0.749. The van der Waals surface area contributed by atoms with E-state index in [1.54, 1.807) is 13.3 Å². The van der Waals surface area contributed by atoms with Gasteiger partial charge in [-0.2, -0.15) is 5.10 Å². The molecule has 0 bridgehead atoms. The fourth-order valence-corrected chi connectivity index (χ4v) is 2.00. The maximum absolute atomic E-state index is 5.01. The van der Waals surface area contributed by atoms with Crippen LogP contribution < -0.4 is 0 Å². The number of pyridine rings is 1. The molecule has 0 spiro atoms. The van der Waals surface area contributed by atoms with Crippen molar-refractivity contribution in [2.24, 2.45) is 0 Å². The highest BCUT2D eigenvalue weighted by Crippen LogP contribution is 2.20. The quantitative estimate of drug-likeness (QED) is 0.800. The molecular formula is C10H12BrN3O. The summed E-state index contributed by atoms with van der Waals surface area (Å²) in [6.07, 6.45) is 2.73. The highest BCUT2D eigenvalue weighted by atomic mass is 79.9. The van der Waals surface area contributed by atoms with Crippen LogP contribution in [0.15, 0.2) is 22.9 Å². The molecule has 0 aliphatic carbocycles. The Labute approximate surface area is 96.4 Å². The van der Waals surface area contributed by atoms with E-state index in [0.717, 1.165) is 35.2 Å². The van der Waals surface area contributed by atoms with Crippen LogP contribution in [0, 0.1) is 0 Å². The van der Waals surface area contributed by atoms with Gasteiger partial charge in [0, 0.05) is 26.5 Å². The predicted molar refractivity (Wildman–Crippen MR) is 61.7 cm³/mol. The number of nitrogens with zero attached hydrogens (tertiary/aromatic N) is 3. The van der Waals surface area contributed by atoms with Crippen molar-refractivity contribution < 1.29 is 4.74 Å². The third-order valence-electron chi connectivity index (χ3n) is 2.19. The zero-order chi connectivity index (χ0) is 10.7. The van der Waals surface area contributed by atoms with Gasteiger partial charge in [-0.05, 0) is 34.5 Å². The molecule has 0 saturated carbocycles. The van der Waals surface area contributed by atoms with Gasteiger partial charge in [-0.25, -0.2) is 0 Å². The van der Waals surface area contributed by atoms with Gasteiger partial charge >= 0.3 is 0 Å². The highest BCUT2D eigenvalue weighted by molar-refractivity contribution is 9.10. The van der Waals surface area contributed by atoms with Crippen LogP contribution in [0.25, 0.3) is 11.0 Å². The Balaban J connectivity index is 2.27. The minimum Gasteiger partial charge on any atom is -0.385 e. The summed E-state index contributed by atoms with van der Waals surface area (Å²) < 4.78 is 7.77. The number of halogens is 1. The Morgan fingerprint density at radius 3 is 3.20 bits per heavy atom. The minimum absolute atomic E-state index is 0.749. The van der Waals surface area contributed by atoms with Crippen LogP contribution in [0.1, 0.15) is 6.42 Å². The third kappa shape index (κ3) is 2.18. The number of ether oxygens (including phenoxy) is 1. The molecule has 4 nitrogen and oxygen atoms in total. The van der Waals surface area contributed by atoms with E-state index >= 15 is 0 Å². The summed E-state index contributed by atoms with van der Waals surface area (Å²) >= 11 is 3.40. The van der Waals surface area contributed by atoms with Crippen molar-refractivity contribution in [3.63, 3.8) is 0 Å². The van der Waals surface area contributed by atoms with Crippen LogP contribution in [0.2, 0.25) is 0 Å². The molecule has 0 saturated heterocycles. The molecule has 2 rings (SSSR count). The number of rotatable bonds is 4. The number of methoxy groups -OCH3 is 1. The molecule has 5 heteroatoms. The zero-order valence-corrected chi connectivity index (χ0v) is 10.1. The van der Waals surface area contributed by atoms with Crippen molar-refractivity contribution in [3.8, 4) is 0 Å². The van der Waals surface area contributed by atoms with Gasteiger partial charge in [-0.3, -0.25) is 9.67 Å². The highest BCUT2D eigenvalue weighted by Gasteiger charge is 2.07. The van der Waals surface area contributed by atoms with Crippen molar-refractivity contribution in [3.05, 3.63) is 22.9 Å². The van der Waals surface area contributed by atoms with Gasteiger partial charge in [0.15, 0.2) is 4.60 Å².